The number of imidazole rings is 2. The van der Waals surface area contributed by atoms with Gasteiger partial charge in [0, 0.05) is 18.4 Å². The molecule has 0 amide bonds. The summed E-state index contributed by atoms with van der Waals surface area (Å²) < 4.78 is 2.12. The van der Waals surface area contributed by atoms with Gasteiger partial charge in [0.2, 0.25) is 5.78 Å². The first-order valence-corrected chi connectivity index (χ1v) is 5.80. The molecule has 4 heteroatoms. The monoisotopic (exact) mass is 228 g/mol. The lowest BCUT2D eigenvalue weighted by molar-refractivity contribution is 0.797. The standard InChI is InChI=1S/C13H16N4/c1-8-4-11-12(5-9(8)2)17-7-10(6-14-3)15-13(17)16-11/h4-5,7,14H,6H2,1-3H3,(H,15,16). The van der Waals surface area contributed by atoms with Crippen LogP contribution in [0.25, 0.3) is 16.8 Å². The van der Waals surface area contributed by atoms with E-state index in [-0.39, 0.29) is 0 Å². The van der Waals surface area contributed by atoms with Crippen molar-refractivity contribution in [1.29, 1.82) is 0 Å². The highest BCUT2D eigenvalue weighted by atomic mass is 15.1. The average molecular weight is 228 g/mol. The SMILES string of the molecule is CNCc1cn2c(nc3cc(C)c(C)cc32)[nH]1. The molecule has 3 aromatic rings. The van der Waals surface area contributed by atoms with Crippen molar-refractivity contribution >= 4 is 16.8 Å². The number of aromatic amines is 1. The Morgan fingerprint density at radius 1 is 1.29 bits per heavy atom. The number of aromatic nitrogens is 3. The molecule has 0 fully saturated rings. The van der Waals surface area contributed by atoms with Gasteiger partial charge in [-0.05, 0) is 44.2 Å². The number of H-pyrrole nitrogens is 1. The second-order valence-electron chi connectivity index (χ2n) is 4.54. The van der Waals surface area contributed by atoms with Crippen molar-refractivity contribution in [1.82, 2.24) is 19.7 Å². The molecule has 0 atom stereocenters. The van der Waals surface area contributed by atoms with Crippen LogP contribution in [0.5, 0.6) is 0 Å². The van der Waals surface area contributed by atoms with Crippen molar-refractivity contribution in [2.24, 2.45) is 0 Å². The molecule has 4 nitrogen and oxygen atoms in total. The second kappa shape index (κ2) is 3.60. The molecule has 88 valence electrons. The van der Waals surface area contributed by atoms with E-state index in [0.717, 1.165) is 23.5 Å². The van der Waals surface area contributed by atoms with E-state index in [4.69, 9.17) is 0 Å². The van der Waals surface area contributed by atoms with Gasteiger partial charge in [0.25, 0.3) is 0 Å². The fourth-order valence-corrected chi connectivity index (χ4v) is 2.18. The predicted octanol–water partition coefficient (Wildman–Crippen LogP) is 2.15. The summed E-state index contributed by atoms with van der Waals surface area (Å²) in [5.41, 5.74) is 5.96. The third-order valence-electron chi connectivity index (χ3n) is 3.23. The molecule has 0 bridgehead atoms. The molecule has 3 rings (SSSR count). The smallest absolute Gasteiger partial charge is 0.212 e. The van der Waals surface area contributed by atoms with Gasteiger partial charge in [0.1, 0.15) is 0 Å². The van der Waals surface area contributed by atoms with Crippen molar-refractivity contribution < 1.29 is 0 Å². The lowest BCUT2D eigenvalue weighted by Crippen LogP contribution is -2.04. The summed E-state index contributed by atoms with van der Waals surface area (Å²) in [7, 11) is 1.94. The summed E-state index contributed by atoms with van der Waals surface area (Å²) >= 11 is 0. The van der Waals surface area contributed by atoms with Crippen molar-refractivity contribution in [2.45, 2.75) is 20.4 Å². The topological polar surface area (TPSA) is 45.1 Å². The van der Waals surface area contributed by atoms with Gasteiger partial charge < -0.3 is 10.3 Å². The van der Waals surface area contributed by atoms with E-state index in [1.807, 2.05) is 7.05 Å². The minimum atomic E-state index is 0.829. The highest BCUT2D eigenvalue weighted by molar-refractivity contribution is 5.81. The fraction of sp³-hybridized carbons (Fsp3) is 0.308. The molecule has 0 aliphatic carbocycles. The summed E-state index contributed by atoms with van der Waals surface area (Å²) in [4.78, 5) is 7.91. The molecular formula is C13H16N4. The number of hydrogen-bond acceptors (Lipinski definition) is 2. The molecule has 17 heavy (non-hydrogen) atoms. The number of fused-ring (bicyclic) bond motifs is 3. The lowest BCUT2D eigenvalue weighted by atomic mass is 10.1. The molecule has 0 saturated heterocycles. The van der Waals surface area contributed by atoms with Crippen LogP contribution in [0.2, 0.25) is 0 Å². The van der Waals surface area contributed by atoms with Crippen LogP contribution in [0.4, 0.5) is 0 Å². The average Bonchev–Trinajstić information content (AvgIpc) is 2.78. The van der Waals surface area contributed by atoms with Crippen molar-refractivity contribution in [3.8, 4) is 0 Å². The molecule has 0 spiro atoms. The maximum absolute atomic E-state index is 4.60. The zero-order chi connectivity index (χ0) is 12.0. The van der Waals surface area contributed by atoms with Gasteiger partial charge in [-0.15, -0.1) is 0 Å². The minimum absolute atomic E-state index is 0.829. The van der Waals surface area contributed by atoms with Crippen LogP contribution < -0.4 is 5.32 Å². The van der Waals surface area contributed by atoms with Crippen LogP contribution in [-0.2, 0) is 6.54 Å². The maximum atomic E-state index is 4.60. The van der Waals surface area contributed by atoms with E-state index in [1.54, 1.807) is 0 Å². The molecule has 2 aromatic heterocycles. The molecule has 0 saturated carbocycles. The van der Waals surface area contributed by atoms with Crippen molar-refractivity contribution in [2.75, 3.05) is 7.05 Å². The molecule has 1 aromatic carbocycles. The summed E-state index contributed by atoms with van der Waals surface area (Å²) in [5.74, 6) is 0.912. The zero-order valence-corrected chi connectivity index (χ0v) is 10.3. The molecular weight excluding hydrogens is 212 g/mol. The fourth-order valence-electron chi connectivity index (χ4n) is 2.18. The quantitative estimate of drug-likeness (QED) is 0.706. The number of hydrogen-bond donors (Lipinski definition) is 2. The number of aryl methyl sites for hydroxylation is 2. The Morgan fingerprint density at radius 2 is 2.06 bits per heavy atom. The van der Waals surface area contributed by atoms with Crippen LogP contribution in [0.3, 0.4) is 0 Å². The van der Waals surface area contributed by atoms with Gasteiger partial charge in [-0.3, -0.25) is 4.40 Å². The molecule has 0 unspecified atom stereocenters. The Bertz CT molecular complexity index is 690. The Morgan fingerprint density at radius 3 is 2.82 bits per heavy atom. The van der Waals surface area contributed by atoms with Crippen LogP contribution in [0.1, 0.15) is 16.8 Å². The van der Waals surface area contributed by atoms with Gasteiger partial charge in [0.15, 0.2) is 0 Å². The third-order valence-corrected chi connectivity index (χ3v) is 3.23. The molecule has 2 N–H and O–H groups in total. The van der Waals surface area contributed by atoms with E-state index in [2.05, 4.69) is 51.9 Å². The number of nitrogens with zero attached hydrogens (tertiary/aromatic N) is 2. The van der Waals surface area contributed by atoms with E-state index in [1.165, 1.54) is 16.6 Å². The van der Waals surface area contributed by atoms with E-state index < -0.39 is 0 Å². The highest BCUT2D eigenvalue weighted by Gasteiger charge is 2.08. The van der Waals surface area contributed by atoms with E-state index in [0.29, 0.717) is 0 Å². The maximum Gasteiger partial charge on any atom is 0.212 e. The van der Waals surface area contributed by atoms with E-state index >= 15 is 0 Å². The molecule has 0 aliphatic rings. The minimum Gasteiger partial charge on any atom is -0.326 e. The zero-order valence-electron chi connectivity index (χ0n) is 10.3. The van der Waals surface area contributed by atoms with Gasteiger partial charge in [-0.25, -0.2) is 4.98 Å². The summed E-state index contributed by atoms with van der Waals surface area (Å²) in [6.45, 7) is 5.08. The first-order chi connectivity index (χ1) is 8.19. The van der Waals surface area contributed by atoms with Gasteiger partial charge in [-0.1, -0.05) is 0 Å². The third kappa shape index (κ3) is 1.52. The number of nitrogens with one attached hydrogen (secondary N) is 2. The molecule has 0 radical (unpaired) electrons. The van der Waals surface area contributed by atoms with Crippen LogP contribution >= 0.6 is 0 Å². The van der Waals surface area contributed by atoms with Gasteiger partial charge in [-0.2, -0.15) is 0 Å². The highest BCUT2D eigenvalue weighted by Crippen LogP contribution is 2.20. The van der Waals surface area contributed by atoms with Crippen molar-refractivity contribution in [3.05, 3.63) is 35.2 Å². The Kier molecular flexibility index (Phi) is 2.19. The van der Waals surface area contributed by atoms with E-state index in [9.17, 15) is 0 Å². The summed E-state index contributed by atoms with van der Waals surface area (Å²) in [6, 6.07) is 4.34. The Hall–Kier alpha value is -1.81. The summed E-state index contributed by atoms with van der Waals surface area (Å²) in [6.07, 6.45) is 2.11. The predicted molar refractivity (Wildman–Crippen MR) is 69.3 cm³/mol. The second-order valence-corrected chi connectivity index (χ2v) is 4.54. The Balaban J connectivity index is 2.28. The van der Waals surface area contributed by atoms with Crippen molar-refractivity contribution in [3.63, 3.8) is 0 Å². The normalized spacial score (nSPS) is 11.7. The molecule has 0 aliphatic heterocycles. The largest absolute Gasteiger partial charge is 0.326 e. The van der Waals surface area contributed by atoms with Crippen LogP contribution in [-0.4, -0.2) is 21.4 Å². The Labute approximate surface area is 99.7 Å². The number of rotatable bonds is 2. The van der Waals surface area contributed by atoms with Crippen LogP contribution in [0.15, 0.2) is 18.3 Å². The number of benzene rings is 1. The first kappa shape index (κ1) is 10.4. The first-order valence-electron chi connectivity index (χ1n) is 5.80. The molecule has 2 heterocycles. The summed E-state index contributed by atoms with van der Waals surface area (Å²) in [5, 5.41) is 3.13. The van der Waals surface area contributed by atoms with Gasteiger partial charge >= 0.3 is 0 Å². The lowest BCUT2D eigenvalue weighted by Gasteiger charge is -1.99. The van der Waals surface area contributed by atoms with Gasteiger partial charge in [0.05, 0.1) is 11.0 Å². The van der Waals surface area contributed by atoms with Crippen LogP contribution in [0, 0.1) is 13.8 Å².